The van der Waals surface area contributed by atoms with Gasteiger partial charge in [0, 0.05) is 23.5 Å². The van der Waals surface area contributed by atoms with Crippen LogP contribution in [-0.2, 0) is 6.42 Å². The van der Waals surface area contributed by atoms with Gasteiger partial charge in [0.05, 0.1) is 12.2 Å². The number of nitrogens with zero attached hydrogens (tertiary/aromatic N) is 1. The Hall–Kier alpha value is -3.60. The Kier molecular flexibility index (Phi) is 5.29. The Labute approximate surface area is 169 Å². The maximum atomic E-state index is 12.9. The fourth-order valence-electron chi connectivity index (χ4n) is 3.54. The molecule has 3 aromatic rings. The Morgan fingerprint density at radius 3 is 2.48 bits per heavy atom. The Balaban J connectivity index is 1.47. The first-order valence-corrected chi connectivity index (χ1v) is 9.70. The predicted molar refractivity (Wildman–Crippen MR) is 114 cm³/mol. The van der Waals surface area contributed by atoms with Crippen LogP contribution in [0.4, 0.5) is 11.4 Å². The number of para-hydroxylation sites is 2. The summed E-state index contributed by atoms with van der Waals surface area (Å²) in [7, 11) is 0. The fourth-order valence-corrected chi connectivity index (χ4v) is 3.54. The zero-order valence-electron chi connectivity index (χ0n) is 16.2. The van der Waals surface area contributed by atoms with Gasteiger partial charge in [0.15, 0.2) is 0 Å². The van der Waals surface area contributed by atoms with Crippen molar-refractivity contribution >= 4 is 23.2 Å². The molecule has 0 saturated heterocycles. The molecule has 1 aliphatic heterocycles. The van der Waals surface area contributed by atoms with E-state index in [0.29, 0.717) is 35.7 Å². The number of carbonyl (C=O) groups excluding carboxylic acids is 2. The van der Waals surface area contributed by atoms with Gasteiger partial charge in [0.25, 0.3) is 11.8 Å². The molecule has 3 aromatic carbocycles. The molecule has 0 fully saturated rings. The second kappa shape index (κ2) is 8.19. The zero-order chi connectivity index (χ0) is 20.2. The van der Waals surface area contributed by atoms with Gasteiger partial charge in [-0.05, 0) is 61.4 Å². The number of ether oxygens (including phenoxy) is 1. The summed E-state index contributed by atoms with van der Waals surface area (Å²) in [5, 5.41) is 2.86. The van der Waals surface area contributed by atoms with E-state index in [2.05, 4.69) is 11.4 Å². The minimum Gasteiger partial charge on any atom is -0.493 e. The van der Waals surface area contributed by atoms with Crippen LogP contribution >= 0.6 is 0 Å². The highest BCUT2D eigenvalue weighted by Crippen LogP contribution is 2.29. The van der Waals surface area contributed by atoms with E-state index in [0.717, 1.165) is 12.1 Å². The van der Waals surface area contributed by atoms with E-state index in [1.54, 1.807) is 47.4 Å². The molecule has 1 aliphatic rings. The van der Waals surface area contributed by atoms with Crippen LogP contribution in [-0.4, -0.2) is 25.0 Å². The lowest BCUT2D eigenvalue weighted by Gasteiger charge is -2.17. The van der Waals surface area contributed by atoms with E-state index in [1.165, 1.54) is 5.56 Å². The number of rotatable bonds is 5. The number of anilines is 2. The average Bonchev–Trinajstić information content (AvgIpc) is 3.18. The minimum absolute atomic E-state index is 0.0329. The van der Waals surface area contributed by atoms with Crippen molar-refractivity contribution in [3.05, 3.63) is 89.5 Å². The molecule has 0 saturated carbocycles. The molecule has 0 aromatic heterocycles. The second-order valence-corrected chi connectivity index (χ2v) is 6.80. The van der Waals surface area contributed by atoms with E-state index >= 15 is 0 Å². The van der Waals surface area contributed by atoms with Crippen LogP contribution in [0.15, 0.2) is 72.8 Å². The molecular weight excluding hydrogens is 364 g/mol. The zero-order valence-corrected chi connectivity index (χ0v) is 16.2. The minimum atomic E-state index is -0.249. The summed E-state index contributed by atoms with van der Waals surface area (Å²) in [5.41, 5.74) is 3.86. The first kappa shape index (κ1) is 18.7. The van der Waals surface area contributed by atoms with Gasteiger partial charge in [0.2, 0.25) is 0 Å². The van der Waals surface area contributed by atoms with Gasteiger partial charge >= 0.3 is 0 Å². The van der Waals surface area contributed by atoms with Gasteiger partial charge in [-0.3, -0.25) is 9.59 Å². The molecule has 0 radical (unpaired) electrons. The van der Waals surface area contributed by atoms with E-state index in [9.17, 15) is 9.59 Å². The van der Waals surface area contributed by atoms with Crippen LogP contribution in [0.1, 0.15) is 33.2 Å². The summed E-state index contributed by atoms with van der Waals surface area (Å²) in [4.78, 5) is 27.3. The summed E-state index contributed by atoms with van der Waals surface area (Å²) >= 11 is 0. The number of hydrogen-bond acceptors (Lipinski definition) is 3. The lowest BCUT2D eigenvalue weighted by atomic mass is 10.1. The summed E-state index contributed by atoms with van der Waals surface area (Å²) < 4.78 is 5.52. The molecule has 0 atom stereocenters. The third-order valence-electron chi connectivity index (χ3n) is 4.95. The monoisotopic (exact) mass is 386 g/mol. The second-order valence-electron chi connectivity index (χ2n) is 6.80. The number of benzene rings is 3. The van der Waals surface area contributed by atoms with Gasteiger partial charge in [-0.25, -0.2) is 0 Å². The van der Waals surface area contributed by atoms with Crippen LogP contribution in [0.2, 0.25) is 0 Å². The molecule has 2 amide bonds. The SMILES string of the molecule is CCOc1ccccc1C(=O)Nc1ccc(C(=O)N2CCc3ccccc32)cc1. The number of hydrogen-bond donors (Lipinski definition) is 1. The van der Waals surface area contributed by atoms with Crippen LogP contribution in [0, 0.1) is 0 Å². The Morgan fingerprint density at radius 2 is 1.69 bits per heavy atom. The topological polar surface area (TPSA) is 58.6 Å². The first-order chi connectivity index (χ1) is 14.2. The van der Waals surface area contributed by atoms with Gasteiger partial charge in [-0.1, -0.05) is 30.3 Å². The molecule has 5 nitrogen and oxygen atoms in total. The molecule has 1 heterocycles. The quantitative estimate of drug-likeness (QED) is 0.700. The van der Waals surface area contributed by atoms with Crippen LogP contribution in [0.25, 0.3) is 0 Å². The number of nitrogens with one attached hydrogen (secondary N) is 1. The largest absolute Gasteiger partial charge is 0.493 e. The molecule has 0 aliphatic carbocycles. The van der Waals surface area contributed by atoms with Crippen molar-refractivity contribution in [3.8, 4) is 5.75 Å². The van der Waals surface area contributed by atoms with Crippen molar-refractivity contribution in [1.29, 1.82) is 0 Å². The smallest absolute Gasteiger partial charge is 0.259 e. The maximum absolute atomic E-state index is 12.9. The molecule has 146 valence electrons. The first-order valence-electron chi connectivity index (χ1n) is 9.70. The molecule has 1 N–H and O–H groups in total. The predicted octanol–water partition coefficient (Wildman–Crippen LogP) is 4.54. The normalized spacial score (nSPS) is 12.4. The lowest BCUT2D eigenvalue weighted by Crippen LogP contribution is -2.28. The third-order valence-corrected chi connectivity index (χ3v) is 4.95. The van der Waals surface area contributed by atoms with Crippen LogP contribution in [0.3, 0.4) is 0 Å². The van der Waals surface area contributed by atoms with E-state index in [-0.39, 0.29) is 11.8 Å². The summed E-state index contributed by atoms with van der Waals surface area (Å²) in [6.07, 6.45) is 0.870. The van der Waals surface area contributed by atoms with Crippen molar-refractivity contribution in [2.45, 2.75) is 13.3 Å². The van der Waals surface area contributed by atoms with E-state index < -0.39 is 0 Å². The average molecular weight is 386 g/mol. The molecule has 4 rings (SSSR count). The summed E-state index contributed by atoms with van der Waals surface area (Å²) in [6, 6.07) is 22.1. The van der Waals surface area contributed by atoms with Crippen LogP contribution < -0.4 is 15.0 Å². The number of amides is 2. The number of fused-ring (bicyclic) bond motifs is 1. The maximum Gasteiger partial charge on any atom is 0.259 e. The summed E-state index contributed by atoms with van der Waals surface area (Å²) in [6.45, 7) is 3.05. The summed E-state index contributed by atoms with van der Waals surface area (Å²) in [5.74, 6) is 0.267. The highest BCUT2D eigenvalue weighted by atomic mass is 16.5. The van der Waals surface area contributed by atoms with Gasteiger partial charge in [0.1, 0.15) is 5.75 Å². The van der Waals surface area contributed by atoms with Gasteiger partial charge in [-0.2, -0.15) is 0 Å². The van der Waals surface area contributed by atoms with Crippen molar-refractivity contribution < 1.29 is 14.3 Å². The highest BCUT2D eigenvalue weighted by Gasteiger charge is 2.25. The van der Waals surface area contributed by atoms with Crippen molar-refractivity contribution in [2.75, 3.05) is 23.4 Å². The van der Waals surface area contributed by atoms with Crippen molar-refractivity contribution in [1.82, 2.24) is 0 Å². The van der Waals surface area contributed by atoms with Gasteiger partial charge in [-0.15, -0.1) is 0 Å². The van der Waals surface area contributed by atoms with Gasteiger partial charge < -0.3 is 15.0 Å². The third kappa shape index (κ3) is 3.85. The Bertz CT molecular complexity index is 1040. The van der Waals surface area contributed by atoms with E-state index in [4.69, 9.17) is 4.74 Å². The molecule has 0 bridgehead atoms. The molecule has 0 unspecified atom stereocenters. The fraction of sp³-hybridized carbons (Fsp3) is 0.167. The molecule has 0 spiro atoms. The molecule has 29 heavy (non-hydrogen) atoms. The van der Waals surface area contributed by atoms with E-state index in [1.807, 2.05) is 31.2 Å². The van der Waals surface area contributed by atoms with Crippen molar-refractivity contribution in [2.24, 2.45) is 0 Å². The van der Waals surface area contributed by atoms with Crippen molar-refractivity contribution in [3.63, 3.8) is 0 Å². The Morgan fingerprint density at radius 1 is 0.966 bits per heavy atom. The number of carbonyl (C=O) groups is 2. The molecular formula is C24H22N2O3. The highest BCUT2D eigenvalue weighted by molar-refractivity contribution is 6.08. The standard InChI is InChI=1S/C24H22N2O3/c1-2-29-22-10-6-4-8-20(22)23(27)25-19-13-11-18(12-14-19)24(28)26-16-15-17-7-3-5-9-21(17)26/h3-14H,2,15-16H2,1H3,(H,25,27). The lowest BCUT2D eigenvalue weighted by molar-refractivity contribution is 0.0988. The van der Waals surface area contributed by atoms with Crippen LogP contribution in [0.5, 0.6) is 5.75 Å². The molecule has 5 heteroatoms.